The smallest absolute Gasteiger partial charge is 0.258 e. The number of carbonyl (C=O) groups excluding carboxylic acids is 1. The summed E-state index contributed by atoms with van der Waals surface area (Å²) in [6.45, 7) is 6.30. The van der Waals surface area contributed by atoms with Crippen LogP contribution in [-0.2, 0) is 17.0 Å². The first-order valence-corrected chi connectivity index (χ1v) is 9.17. The van der Waals surface area contributed by atoms with Crippen molar-refractivity contribution in [1.82, 2.24) is 14.8 Å². The van der Waals surface area contributed by atoms with Crippen molar-refractivity contribution in [3.05, 3.63) is 47.3 Å². The van der Waals surface area contributed by atoms with Crippen LogP contribution < -0.4 is 5.32 Å². The average Bonchev–Trinajstić information content (AvgIpc) is 3.21. The first kappa shape index (κ1) is 15.3. The highest BCUT2D eigenvalue weighted by Crippen LogP contribution is 2.37. The fraction of sp³-hybridized carbons (Fsp3) is 0.333. The van der Waals surface area contributed by atoms with Crippen molar-refractivity contribution in [3.63, 3.8) is 0 Å². The lowest BCUT2D eigenvalue weighted by atomic mass is 10.1. The molecule has 2 N–H and O–H groups in total. The molecule has 2 aromatic heterocycles. The molecule has 0 fully saturated rings. The number of amides is 1. The SMILES string of the molecule is CC(C)(C)n1nc2c(c1NC(=O)c1c[nH]c3ccccc13)CSC2. The molecule has 1 aromatic carbocycles. The summed E-state index contributed by atoms with van der Waals surface area (Å²) in [7, 11) is 0. The molecule has 1 amide bonds. The van der Waals surface area contributed by atoms with E-state index in [1.807, 2.05) is 40.7 Å². The standard InChI is InChI=1S/C18H20N4OS/c1-18(2,3)22-16(13-9-24-10-15(13)21-22)20-17(23)12-8-19-14-7-5-4-6-11(12)14/h4-8,19H,9-10H2,1-3H3,(H,20,23). The fourth-order valence-electron chi connectivity index (χ4n) is 3.06. The van der Waals surface area contributed by atoms with Crippen LogP contribution in [0, 0.1) is 0 Å². The van der Waals surface area contributed by atoms with Crippen molar-refractivity contribution < 1.29 is 4.79 Å². The fourth-order valence-corrected chi connectivity index (χ4v) is 4.10. The number of aromatic nitrogens is 3. The van der Waals surface area contributed by atoms with E-state index in [0.29, 0.717) is 5.56 Å². The van der Waals surface area contributed by atoms with Gasteiger partial charge in [0, 0.05) is 34.2 Å². The van der Waals surface area contributed by atoms with Gasteiger partial charge in [0.1, 0.15) is 5.82 Å². The summed E-state index contributed by atoms with van der Waals surface area (Å²) in [5.41, 5.74) is 3.68. The van der Waals surface area contributed by atoms with Gasteiger partial charge in [0.15, 0.2) is 0 Å². The molecule has 0 aliphatic carbocycles. The molecule has 124 valence electrons. The number of fused-ring (bicyclic) bond motifs is 2. The number of rotatable bonds is 2. The van der Waals surface area contributed by atoms with Crippen LogP contribution in [0.4, 0.5) is 5.82 Å². The number of H-pyrrole nitrogens is 1. The third-order valence-electron chi connectivity index (χ3n) is 4.25. The van der Waals surface area contributed by atoms with Crippen LogP contribution >= 0.6 is 11.8 Å². The molecule has 24 heavy (non-hydrogen) atoms. The summed E-state index contributed by atoms with van der Waals surface area (Å²) in [4.78, 5) is 16.0. The number of thioether (sulfide) groups is 1. The molecule has 0 saturated carbocycles. The van der Waals surface area contributed by atoms with Crippen LogP contribution in [0.3, 0.4) is 0 Å². The van der Waals surface area contributed by atoms with E-state index in [-0.39, 0.29) is 11.4 Å². The van der Waals surface area contributed by atoms with Crippen LogP contribution in [0.2, 0.25) is 0 Å². The summed E-state index contributed by atoms with van der Waals surface area (Å²) in [6.07, 6.45) is 1.77. The number of para-hydroxylation sites is 1. The Morgan fingerprint density at radius 3 is 2.88 bits per heavy atom. The zero-order valence-corrected chi connectivity index (χ0v) is 14.8. The second-order valence-electron chi connectivity index (χ2n) is 7.05. The molecule has 3 heterocycles. The lowest BCUT2D eigenvalue weighted by molar-refractivity contribution is 0.102. The number of aromatic amines is 1. The molecule has 0 saturated heterocycles. The Labute approximate surface area is 144 Å². The average molecular weight is 340 g/mol. The van der Waals surface area contributed by atoms with Crippen LogP contribution in [0.25, 0.3) is 10.9 Å². The van der Waals surface area contributed by atoms with Crippen LogP contribution in [0.5, 0.6) is 0 Å². The van der Waals surface area contributed by atoms with E-state index >= 15 is 0 Å². The molecule has 5 nitrogen and oxygen atoms in total. The molecular weight excluding hydrogens is 320 g/mol. The third-order valence-corrected chi connectivity index (χ3v) is 5.22. The van der Waals surface area contributed by atoms with Gasteiger partial charge < -0.3 is 10.3 Å². The van der Waals surface area contributed by atoms with Gasteiger partial charge in [-0.3, -0.25) is 4.79 Å². The minimum Gasteiger partial charge on any atom is -0.360 e. The van der Waals surface area contributed by atoms with E-state index in [4.69, 9.17) is 5.10 Å². The van der Waals surface area contributed by atoms with Crippen molar-refractivity contribution >= 4 is 34.4 Å². The zero-order valence-electron chi connectivity index (χ0n) is 14.0. The van der Waals surface area contributed by atoms with E-state index in [2.05, 4.69) is 31.1 Å². The van der Waals surface area contributed by atoms with Crippen LogP contribution in [0.15, 0.2) is 30.5 Å². The lowest BCUT2D eigenvalue weighted by Crippen LogP contribution is -2.27. The Bertz CT molecular complexity index is 932. The lowest BCUT2D eigenvalue weighted by Gasteiger charge is -2.23. The van der Waals surface area contributed by atoms with Crippen molar-refractivity contribution in [3.8, 4) is 0 Å². The second-order valence-corrected chi connectivity index (χ2v) is 8.04. The van der Waals surface area contributed by atoms with Gasteiger partial charge in [0.2, 0.25) is 0 Å². The quantitative estimate of drug-likeness (QED) is 0.738. The number of nitrogens with zero attached hydrogens (tertiary/aromatic N) is 2. The minimum absolute atomic E-state index is 0.0995. The summed E-state index contributed by atoms with van der Waals surface area (Å²) < 4.78 is 1.95. The summed E-state index contributed by atoms with van der Waals surface area (Å²) >= 11 is 1.84. The Morgan fingerprint density at radius 1 is 1.29 bits per heavy atom. The van der Waals surface area contributed by atoms with Gasteiger partial charge in [0.25, 0.3) is 5.91 Å². The molecule has 0 unspecified atom stereocenters. The number of benzene rings is 1. The molecule has 3 aromatic rings. The Hall–Kier alpha value is -2.21. The summed E-state index contributed by atoms with van der Waals surface area (Å²) in [5.74, 6) is 2.54. The van der Waals surface area contributed by atoms with Gasteiger partial charge in [0.05, 0.1) is 16.8 Å². The molecule has 1 aliphatic rings. The normalized spacial score (nSPS) is 14.1. The third kappa shape index (κ3) is 2.41. The van der Waals surface area contributed by atoms with Gasteiger partial charge in [-0.15, -0.1) is 0 Å². The first-order chi connectivity index (χ1) is 11.4. The first-order valence-electron chi connectivity index (χ1n) is 8.01. The predicted molar refractivity (Wildman–Crippen MR) is 98.5 cm³/mol. The molecule has 0 atom stereocenters. The van der Waals surface area contributed by atoms with Crippen molar-refractivity contribution in [2.45, 2.75) is 37.8 Å². The molecule has 1 aliphatic heterocycles. The maximum Gasteiger partial charge on any atom is 0.258 e. The number of hydrogen-bond donors (Lipinski definition) is 2. The van der Waals surface area contributed by atoms with Gasteiger partial charge in [-0.05, 0) is 26.8 Å². The summed E-state index contributed by atoms with van der Waals surface area (Å²) in [6, 6.07) is 7.84. The number of carbonyl (C=O) groups is 1. The van der Waals surface area contributed by atoms with E-state index < -0.39 is 0 Å². The largest absolute Gasteiger partial charge is 0.360 e. The maximum absolute atomic E-state index is 12.9. The molecule has 4 rings (SSSR count). The van der Waals surface area contributed by atoms with E-state index in [0.717, 1.165) is 39.5 Å². The Morgan fingerprint density at radius 2 is 2.08 bits per heavy atom. The number of anilines is 1. The monoisotopic (exact) mass is 340 g/mol. The van der Waals surface area contributed by atoms with E-state index in [1.54, 1.807) is 6.20 Å². The Balaban J connectivity index is 1.74. The van der Waals surface area contributed by atoms with Gasteiger partial charge >= 0.3 is 0 Å². The number of hydrogen-bond acceptors (Lipinski definition) is 3. The number of nitrogens with one attached hydrogen (secondary N) is 2. The van der Waals surface area contributed by atoms with E-state index in [9.17, 15) is 4.79 Å². The van der Waals surface area contributed by atoms with Gasteiger partial charge in [-0.25, -0.2) is 4.68 Å². The zero-order chi connectivity index (χ0) is 16.9. The topological polar surface area (TPSA) is 62.7 Å². The predicted octanol–water partition coefficient (Wildman–Crippen LogP) is 4.12. The molecule has 0 radical (unpaired) electrons. The van der Waals surface area contributed by atoms with Gasteiger partial charge in [-0.2, -0.15) is 16.9 Å². The molecular formula is C18H20N4OS. The molecule has 0 bridgehead atoms. The Kier molecular flexibility index (Phi) is 3.46. The van der Waals surface area contributed by atoms with Crippen LogP contribution in [0.1, 0.15) is 42.4 Å². The maximum atomic E-state index is 12.9. The van der Waals surface area contributed by atoms with Crippen molar-refractivity contribution in [2.75, 3.05) is 5.32 Å². The highest BCUT2D eigenvalue weighted by atomic mass is 32.2. The van der Waals surface area contributed by atoms with Crippen molar-refractivity contribution in [1.29, 1.82) is 0 Å². The van der Waals surface area contributed by atoms with Gasteiger partial charge in [-0.1, -0.05) is 18.2 Å². The highest BCUT2D eigenvalue weighted by Gasteiger charge is 2.29. The van der Waals surface area contributed by atoms with Crippen molar-refractivity contribution in [2.24, 2.45) is 0 Å². The molecule has 6 heteroatoms. The second kappa shape index (κ2) is 5.41. The molecule has 0 spiro atoms. The minimum atomic E-state index is -0.183. The van der Waals surface area contributed by atoms with Crippen LogP contribution in [-0.4, -0.2) is 20.7 Å². The van der Waals surface area contributed by atoms with E-state index in [1.165, 1.54) is 0 Å². The summed E-state index contributed by atoms with van der Waals surface area (Å²) in [5, 5.41) is 8.79. The highest BCUT2D eigenvalue weighted by molar-refractivity contribution is 7.98.